The van der Waals surface area contributed by atoms with E-state index in [-0.39, 0.29) is 5.82 Å². The van der Waals surface area contributed by atoms with Crippen molar-refractivity contribution in [1.29, 1.82) is 0 Å². The summed E-state index contributed by atoms with van der Waals surface area (Å²) < 4.78 is 25.4. The maximum atomic E-state index is 13.9. The van der Waals surface area contributed by atoms with Crippen LogP contribution in [0.3, 0.4) is 0 Å². The Kier molecular flexibility index (Phi) is 4.20. The number of rotatable bonds is 4. The Morgan fingerprint density at radius 3 is 2.62 bits per heavy atom. The highest BCUT2D eigenvalue weighted by molar-refractivity contribution is 5.81. The molecule has 1 aromatic carbocycles. The van der Waals surface area contributed by atoms with Gasteiger partial charge in [-0.2, -0.15) is 0 Å². The number of nitrogens with zero attached hydrogens (tertiary/aromatic N) is 2. The predicted molar refractivity (Wildman–Crippen MR) is 90.8 cm³/mol. The lowest BCUT2D eigenvalue weighted by atomic mass is 10.0. The monoisotopic (exact) mass is 326 g/mol. The van der Waals surface area contributed by atoms with E-state index in [0.29, 0.717) is 33.8 Å². The lowest BCUT2D eigenvalue weighted by Gasteiger charge is -2.24. The van der Waals surface area contributed by atoms with Crippen LogP contribution in [0.4, 0.5) is 4.39 Å². The molecule has 0 saturated heterocycles. The number of para-hydroxylation sites is 1. The lowest BCUT2D eigenvalue weighted by molar-refractivity contribution is 0.0138. The molecular weight excluding hydrogens is 307 g/mol. The van der Waals surface area contributed by atoms with E-state index >= 15 is 0 Å². The third-order valence-electron chi connectivity index (χ3n) is 4.01. The van der Waals surface area contributed by atoms with Gasteiger partial charge in [-0.3, -0.25) is 4.98 Å². The van der Waals surface area contributed by atoms with Crippen LogP contribution in [0.25, 0.3) is 10.9 Å². The number of pyridine rings is 2. The molecule has 0 saturated carbocycles. The molecule has 0 fully saturated rings. The second-order valence-corrected chi connectivity index (χ2v) is 6.05. The first-order valence-corrected chi connectivity index (χ1v) is 7.67. The van der Waals surface area contributed by atoms with Crippen LogP contribution in [-0.4, -0.2) is 17.1 Å². The van der Waals surface area contributed by atoms with E-state index in [9.17, 15) is 4.39 Å². The second kappa shape index (κ2) is 6.17. The SMILES string of the molecule is COC(C)(C)c1ncccc1Oc1cc2cccc(F)c2nc1C. The number of fused-ring (bicyclic) bond motifs is 1. The number of hydrogen-bond acceptors (Lipinski definition) is 4. The fourth-order valence-electron chi connectivity index (χ4n) is 2.48. The van der Waals surface area contributed by atoms with Gasteiger partial charge in [0.15, 0.2) is 5.75 Å². The van der Waals surface area contributed by atoms with Gasteiger partial charge in [0.05, 0.1) is 5.69 Å². The third-order valence-corrected chi connectivity index (χ3v) is 4.01. The molecule has 124 valence electrons. The molecule has 2 aromatic heterocycles. The minimum absolute atomic E-state index is 0.339. The number of halogens is 1. The van der Waals surface area contributed by atoms with Gasteiger partial charge in [-0.05, 0) is 45.0 Å². The second-order valence-electron chi connectivity index (χ2n) is 6.05. The molecule has 5 heteroatoms. The molecule has 3 rings (SSSR count). The maximum absolute atomic E-state index is 13.9. The van der Waals surface area contributed by atoms with Crippen molar-refractivity contribution in [2.45, 2.75) is 26.4 Å². The third kappa shape index (κ3) is 2.95. The van der Waals surface area contributed by atoms with E-state index in [1.807, 2.05) is 19.9 Å². The Morgan fingerprint density at radius 1 is 1.08 bits per heavy atom. The smallest absolute Gasteiger partial charge is 0.152 e. The van der Waals surface area contributed by atoms with E-state index < -0.39 is 5.60 Å². The summed E-state index contributed by atoms with van der Waals surface area (Å²) in [5, 5.41) is 0.687. The van der Waals surface area contributed by atoms with Crippen molar-refractivity contribution in [2.24, 2.45) is 0 Å². The summed E-state index contributed by atoms with van der Waals surface area (Å²) in [5.74, 6) is 0.809. The first-order valence-electron chi connectivity index (χ1n) is 7.67. The van der Waals surface area contributed by atoms with Crippen molar-refractivity contribution in [3.8, 4) is 11.5 Å². The summed E-state index contributed by atoms with van der Waals surface area (Å²) in [6.45, 7) is 5.63. The first-order chi connectivity index (χ1) is 11.4. The van der Waals surface area contributed by atoms with Gasteiger partial charge in [0, 0.05) is 18.7 Å². The Bertz CT molecular complexity index is 894. The molecular formula is C19H19FN2O2. The molecule has 0 atom stereocenters. The molecule has 3 aromatic rings. The molecule has 0 amide bonds. The molecule has 4 nitrogen and oxygen atoms in total. The van der Waals surface area contributed by atoms with Crippen molar-refractivity contribution in [3.05, 3.63) is 59.8 Å². The van der Waals surface area contributed by atoms with E-state index in [4.69, 9.17) is 9.47 Å². The highest BCUT2D eigenvalue weighted by atomic mass is 19.1. The van der Waals surface area contributed by atoms with Crippen LogP contribution in [0, 0.1) is 12.7 Å². The van der Waals surface area contributed by atoms with Gasteiger partial charge in [0.1, 0.15) is 28.4 Å². The number of hydrogen-bond donors (Lipinski definition) is 0. The Hall–Kier alpha value is -2.53. The summed E-state index contributed by atoms with van der Waals surface area (Å²) >= 11 is 0. The zero-order valence-corrected chi connectivity index (χ0v) is 14.1. The Morgan fingerprint density at radius 2 is 1.88 bits per heavy atom. The average molecular weight is 326 g/mol. The van der Waals surface area contributed by atoms with Crippen molar-refractivity contribution < 1.29 is 13.9 Å². The largest absolute Gasteiger partial charge is 0.453 e. The predicted octanol–water partition coefficient (Wildman–Crippen LogP) is 4.75. The summed E-state index contributed by atoms with van der Waals surface area (Å²) in [5.41, 5.74) is 1.04. The molecule has 0 aliphatic carbocycles. The Labute approximate surface area is 140 Å². The first kappa shape index (κ1) is 16.3. The van der Waals surface area contributed by atoms with Crippen LogP contribution in [0.5, 0.6) is 11.5 Å². The van der Waals surface area contributed by atoms with Gasteiger partial charge < -0.3 is 9.47 Å². The number of methoxy groups -OCH3 is 1. The average Bonchev–Trinajstić information content (AvgIpc) is 2.57. The topological polar surface area (TPSA) is 44.2 Å². The number of aromatic nitrogens is 2. The fraction of sp³-hybridized carbons (Fsp3) is 0.263. The highest BCUT2D eigenvalue weighted by Crippen LogP contribution is 2.35. The fourth-order valence-corrected chi connectivity index (χ4v) is 2.48. The molecule has 24 heavy (non-hydrogen) atoms. The van der Waals surface area contributed by atoms with Crippen LogP contribution >= 0.6 is 0 Å². The van der Waals surface area contributed by atoms with Gasteiger partial charge >= 0.3 is 0 Å². The highest BCUT2D eigenvalue weighted by Gasteiger charge is 2.26. The van der Waals surface area contributed by atoms with Gasteiger partial charge in [-0.15, -0.1) is 0 Å². The molecule has 0 spiro atoms. The minimum atomic E-state index is -0.596. The van der Waals surface area contributed by atoms with Gasteiger partial charge in [-0.1, -0.05) is 12.1 Å². The van der Waals surface area contributed by atoms with E-state index in [2.05, 4.69) is 9.97 Å². The van der Waals surface area contributed by atoms with Crippen molar-refractivity contribution in [1.82, 2.24) is 9.97 Å². The molecule has 0 aliphatic rings. The van der Waals surface area contributed by atoms with E-state index in [1.165, 1.54) is 6.07 Å². The molecule has 0 bridgehead atoms. The van der Waals surface area contributed by atoms with E-state index in [0.717, 1.165) is 0 Å². The zero-order chi connectivity index (χ0) is 17.3. The lowest BCUT2D eigenvalue weighted by Crippen LogP contribution is -2.21. The van der Waals surface area contributed by atoms with Gasteiger partial charge in [-0.25, -0.2) is 9.37 Å². The number of benzene rings is 1. The number of ether oxygens (including phenoxy) is 2. The molecule has 2 heterocycles. The summed E-state index contributed by atoms with van der Waals surface area (Å²) in [6.07, 6.45) is 1.70. The number of aryl methyl sites for hydroxylation is 1. The summed E-state index contributed by atoms with van der Waals surface area (Å²) in [7, 11) is 1.63. The van der Waals surface area contributed by atoms with Gasteiger partial charge in [0.2, 0.25) is 0 Å². The molecule has 0 aliphatic heterocycles. The van der Waals surface area contributed by atoms with E-state index in [1.54, 1.807) is 44.5 Å². The molecule has 0 radical (unpaired) electrons. The zero-order valence-electron chi connectivity index (χ0n) is 14.1. The van der Waals surface area contributed by atoms with Crippen molar-refractivity contribution in [3.63, 3.8) is 0 Å². The maximum Gasteiger partial charge on any atom is 0.152 e. The van der Waals surface area contributed by atoms with Crippen LogP contribution < -0.4 is 4.74 Å². The summed E-state index contributed by atoms with van der Waals surface area (Å²) in [6, 6.07) is 10.3. The van der Waals surface area contributed by atoms with Crippen LogP contribution in [0.2, 0.25) is 0 Å². The minimum Gasteiger partial charge on any atom is -0.453 e. The van der Waals surface area contributed by atoms with Crippen molar-refractivity contribution >= 4 is 10.9 Å². The van der Waals surface area contributed by atoms with Crippen LogP contribution in [0.1, 0.15) is 25.2 Å². The van der Waals surface area contributed by atoms with Crippen LogP contribution in [0.15, 0.2) is 42.6 Å². The van der Waals surface area contributed by atoms with Crippen LogP contribution in [-0.2, 0) is 10.3 Å². The molecule has 0 unspecified atom stereocenters. The summed E-state index contributed by atoms with van der Waals surface area (Å²) in [4.78, 5) is 8.72. The Balaban J connectivity index is 2.07. The van der Waals surface area contributed by atoms with Gasteiger partial charge in [0.25, 0.3) is 0 Å². The normalized spacial score (nSPS) is 11.7. The van der Waals surface area contributed by atoms with Crippen molar-refractivity contribution in [2.75, 3.05) is 7.11 Å². The molecule has 0 N–H and O–H groups in total. The standard InChI is InChI=1S/C19H19FN2O2/c1-12-16(11-13-7-5-8-14(20)17(13)22-12)24-15-9-6-10-21-18(15)19(2,3)23-4/h5-11H,1-4H3. The quantitative estimate of drug-likeness (QED) is 0.694.